The summed E-state index contributed by atoms with van der Waals surface area (Å²) in [4.78, 5) is 0. The molecule has 2 rings (SSSR count). The smallest absolute Gasteiger partial charge is 0.161 e. The molecule has 1 N–H and O–H groups in total. The van der Waals surface area contributed by atoms with Crippen molar-refractivity contribution < 1.29 is 17.6 Å². The molecule has 2 aromatic carbocycles. The molecule has 100 valence electrons. The Hall–Kier alpha value is -1.75. The third kappa shape index (κ3) is 2.98. The predicted molar refractivity (Wildman–Crippen MR) is 65.1 cm³/mol. The number of halogens is 5. The van der Waals surface area contributed by atoms with E-state index in [1.54, 1.807) is 0 Å². The van der Waals surface area contributed by atoms with Crippen LogP contribution in [0, 0.1) is 23.3 Å². The van der Waals surface area contributed by atoms with Gasteiger partial charge in [-0.3, -0.25) is 0 Å². The molecule has 0 saturated heterocycles. The van der Waals surface area contributed by atoms with Gasteiger partial charge in [-0.2, -0.15) is 0 Å². The molecule has 0 saturated carbocycles. The van der Waals surface area contributed by atoms with Crippen LogP contribution in [-0.4, -0.2) is 0 Å². The zero-order chi connectivity index (χ0) is 14.0. The predicted octanol–water partition coefficient (Wildman–Crippen LogP) is 4.51. The Kier molecular flexibility index (Phi) is 3.95. The highest BCUT2D eigenvalue weighted by Gasteiger charge is 2.11. The van der Waals surface area contributed by atoms with Gasteiger partial charge in [0.1, 0.15) is 11.6 Å². The van der Waals surface area contributed by atoms with Gasteiger partial charge in [0.25, 0.3) is 0 Å². The molecule has 0 spiro atoms. The summed E-state index contributed by atoms with van der Waals surface area (Å²) in [6, 6.07) is 5.45. The molecule has 19 heavy (non-hydrogen) atoms. The number of nitrogens with one attached hydrogen (secondary N) is 1. The van der Waals surface area contributed by atoms with Crippen molar-refractivity contribution in [2.45, 2.75) is 6.54 Å². The van der Waals surface area contributed by atoms with E-state index < -0.39 is 23.3 Å². The van der Waals surface area contributed by atoms with Gasteiger partial charge >= 0.3 is 0 Å². The molecule has 0 aliphatic heterocycles. The van der Waals surface area contributed by atoms with Crippen LogP contribution in [-0.2, 0) is 6.54 Å². The van der Waals surface area contributed by atoms with Gasteiger partial charge in [-0.25, -0.2) is 17.6 Å². The number of rotatable bonds is 3. The van der Waals surface area contributed by atoms with E-state index in [2.05, 4.69) is 5.32 Å². The van der Waals surface area contributed by atoms with Crippen molar-refractivity contribution in [3.8, 4) is 0 Å². The zero-order valence-electron chi connectivity index (χ0n) is 9.48. The van der Waals surface area contributed by atoms with Crippen LogP contribution in [0.5, 0.6) is 0 Å². The average molecular weight is 290 g/mol. The van der Waals surface area contributed by atoms with Crippen molar-refractivity contribution in [3.63, 3.8) is 0 Å². The van der Waals surface area contributed by atoms with Crippen molar-refractivity contribution in [1.82, 2.24) is 0 Å². The van der Waals surface area contributed by atoms with Gasteiger partial charge in [-0.1, -0.05) is 23.7 Å². The molecule has 0 bridgehead atoms. The summed E-state index contributed by atoms with van der Waals surface area (Å²) < 4.78 is 52.5. The van der Waals surface area contributed by atoms with Gasteiger partial charge < -0.3 is 5.32 Å². The molecule has 0 aliphatic carbocycles. The molecule has 0 aromatic heterocycles. The molecule has 0 fully saturated rings. The van der Waals surface area contributed by atoms with E-state index in [0.717, 1.165) is 0 Å². The minimum Gasteiger partial charge on any atom is -0.378 e. The lowest BCUT2D eigenvalue weighted by Crippen LogP contribution is -2.05. The second kappa shape index (κ2) is 5.48. The molecule has 0 radical (unpaired) electrons. The van der Waals surface area contributed by atoms with Gasteiger partial charge in [0.15, 0.2) is 11.6 Å². The summed E-state index contributed by atoms with van der Waals surface area (Å²) in [5, 5.41) is 2.42. The van der Waals surface area contributed by atoms with Crippen LogP contribution < -0.4 is 5.32 Å². The second-order valence-corrected chi connectivity index (χ2v) is 4.22. The van der Waals surface area contributed by atoms with E-state index in [4.69, 9.17) is 11.6 Å². The highest BCUT2D eigenvalue weighted by molar-refractivity contribution is 6.30. The van der Waals surface area contributed by atoms with Gasteiger partial charge in [0, 0.05) is 24.2 Å². The number of hydrogen-bond acceptors (Lipinski definition) is 1. The number of hydrogen-bond donors (Lipinski definition) is 1. The Morgan fingerprint density at radius 3 is 2.37 bits per heavy atom. The Labute approximate surface area is 111 Å². The normalized spacial score (nSPS) is 10.6. The van der Waals surface area contributed by atoms with Crippen LogP contribution in [0.25, 0.3) is 0 Å². The van der Waals surface area contributed by atoms with Crippen LogP contribution in [0.15, 0.2) is 30.3 Å². The summed E-state index contributed by atoms with van der Waals surface area (Å²) in [6.45, 7) is -0.103. The highest BCUT2D eigenvalue weighted by Crippen LogP contribution is 2.21. The highest BCUT2D eigenvalue weighted by atomic mass is 35.5. The molecule has 0 unspecified atom stereocenters. The lowest BCUT2D eigenvalue weighted by atomic mass is 10.2. The van der Waals surface area contributed by atoms with Crippen molar-refractivity contribution >= 4 is 17.3 Å². The van der Waals surface area contributed by atoms with Gasteiger partial charge in [0.05, 0.1) is 10.7 Å². The first kappa shape index (κ1) is 13.7. The van der Waals surface area contributed by atoms with E-state index in [-0.39, 0.29) is 22.8 Å². The molecule has 6 heteroatoms. The topological polar surface area (TPSA) is 12.0 Å². The Morgan fingerprint density at radius 1 is 0.947 bits per heavy atom. The lowest BCUT2D eigenvalue weighted by Gasteiger charge is -2.09. The van der Waals surface area contributed by atoms with Crippen LogP contribution >= 0.6 is 11.6 Å². The van der Waals surface area contributed by atoms with Crippen LogP contribution in [0.1, 0.15) is 5.56 Å². The third-order valence-electron chi connectivity index (χ3n) is 2.51. The maximum absolute atomic E-state index is 13.5. The molecule has 0 amide bonds. The molecule has 1 nitrogen and oxygen atoms in total. The van der Waals surface area contributed by atoms with Crippen molar-refractivity contribution in [2.24, 2.45) is 0 Å². The molecular formula is C13H8ClF4N. The quantitative estimate of drug-likeness (QED) is 0.647. The largest absolute Gasteiger partial charge is 0.378 e. The summed E-state index contributed by atoms with van der Waals surface area (Å²) in [7, 11) is 0. The first-order valence-corrected chi connectivity index (χ1v) is 5.68. The Bertz CT molecular complexity index is 616. The fraction of sp³-hybridized carbons (Fsp3) is 0.0769. The van der Waals surface area contributed by atoms with Crippen LogP contribution in [0.4, 0.5) is 23.2 Å². The maximum Gasteiger partial charge on any atom is 0.161 e. The van der Waals surface area contributed by atoms with Crippen molar-refractivity contribution in [2.75, 3.05) is 5.32 Å². The monoisotopic (exact) mass is 289 g/mol. The van der Waals surface area contributed by atoms with E-state index in [1.165, 1.54) is 18.2 Å². The van der Waals surface area contributed by atoms with E-state index >= 15 is 0 Å². The standard InChI is InChI=1S/C13H8ClF4N/c14-8-3-1-2-7(13(8)18)6-19-12-5-10(16)9(15)4-11(12)17/h1-5,19H,6H2. The van der Waals surface area contributed by atoms with Crippen molar-refractivity contribution in [3.05, 3.63) is 64.2 Å². The van der Waals surface area contributed by atoms with Gasteiger partial charge in [-0.15, -0.1) is 0 Å². The fourth-order valence-electron chi connectivity index (χ4n) is 1.53. The summed E-state index contributed by atoms with van der Waals surface area (Å²) >= 11 is 5.59. The third-order valence-corrected chi connectivity index (χ3v) is 2.80. The maximum atomic E-state index is 13.5. The summed E-state index contributed by atoms with van der Waals surface area (Å²) in [5.74, 6) is -4.06. The average Bonchev–Trinajstić information content (AvgIpc) is 2.37. The van der Waals surface area contributed by atoms with Crippen LogP contribution in [0.2, 0.25) is 5.02 Å². The zero-order valence-corrected chi connectivity index (χ0v) is 10.2. The van der Waals surface area contributed by atoms with E-state index in [9.17, 15) is 17.6 Å². The first-order chi connectivity index (χ1) is 8.99. The molecule has 0 aliphatic rings. The lowest BCUT2D eigenvalue weighted by molar-refractivity contribution is 0.496. The SMILES string of the molecule is Fc1cc(F)c(NCc2cccc(Cl)c2F)cc1F. The molecule has 0 heterocycles. The van der Waals surface area contributed by atoms with Gasteiger partial charge in [0.2, 0.25) is 0 Å². The fourth-order valence-corrected chi connectivity index (χ4v) is 1.73. The van der Waals surface area contributed by atoms with Crippen LogP contribution in [0.3, 0.4) is 0 Å². The minimum absolute atomic E-state index is 0.0648. The molecule has 0 atom stereocenters. The summed E-state index contributed by atoms with van der Waals surface area (Å²) in [6.07, 6.45) is 0. The molecular weight excluding hydrogens is 282 g/mol. The molecule has 2 aromatic rings. The first-order valence-electron chi connectivity index (χ1n) is 5.30. The van der Waals surface area contributed by atoms with Crippen molar-refractivity contribution in [1.29, 1.82) is 0 Å². The van der Waals surface area contributed by atoms with E-state index in [1.807, 2.05) is 0 Å². The summed E-state index contributed by atoms with van der Waals surface area (Å²) in [5.41, 5.74) is -0.0603. The Morgan fingerprint density at radius 2 is 1.63 bits per heavy atom. The minimum atomic E-state index is -1.28. The second-order valence-electron chi connectivity index (χ2n) is 3.81. The van der Waals surface area contributed by atoms with E-state index in [0.29, 0.717) is 12.1 Å². The number of anilines is 1. The number of benzene rings is 2. The Balaban J connectivity index is 2.19. The van der Waals surface area contributed by atoms with Gasteiger partial charge in [-0.05, 0) is 6.07 Å².